The van der Waals surface area contributed by atoms with Gasteiger partial charge in [-0.05, 0) is 84.6 Å². The second-order valence-electron chi connectivity index (χ2n) is 8.73. The molecule has 0 aliphatic carbocycles. The van der Waals surface area contributed by atoms with Crippen LogP contribution in [0.4, 0.5) is 11.4 Å². The first-order chi connectivity index (χ1) is 18.4. The van der Waals surface area contributed by atoms with E-state index in [1.807, 2.05) is 61.0 Å². The van der Waals surface area contributed by atoms with Gasteiger partial charge in [-0.2, -0.15) is 0 Å². The Kier molecular flexibility index (Phi) is 8.44. The Hall–Kier alpha value is -4.58. The summed E-state index contributed by atoms with van der Waals surface area (Å²) in [6.07, 6.45) is 3.63. The van der Waals surface area contributed by atoms with Crippen LogP contribution in [0.3, 0.4) is 0 Å². The molecular weight excluding hydrogens is 476 g/mol. The first-order valence-corrected chi connectivity index (χ1v) is 12.2. The van der Waals surface area contributed by atoms with Crippen LogP contribution in [-0.2, 0) is 0 Å². The summed E-state index contributed by atoms with van der Waals surface area (Å²) >= 11 is 0. The molecule has 4 aromatic carbocycles. The van der Waals surface area contributed by atoms with Crippen molar-refractivity contribution in [2.45, 2.75) is 13.8 Å². The first kappa shape index (κ1) is 26.5. The number of ether oxygens (including phenoxy) is 4. The average molecular weight is 509 g/mol. The maximum Gasteiger partial charge on any atom is 0.131 e. The lowest BCUT2D eigenvalue weighted by Gasteiger charge is -2.10. The quantitative estimate of drug-likeness (QED) is 0.220. The highest BCUT2D eigenvalue weighted by Gasteiger charge is 2.07. The fourth-order valence-electron chi connectivity index (χ4n) is 4.09. The van der Waals surface area contributed by atoms with Gasteiger partial charge in [0.05, 0.1) is 39.8 Å². The molecule has 0 unspecified atom stereocenters. The number of methoxy groups -OCH3 is 4. The van der Waals surface area contributed by atoms with E-state index in [1.54, 1.807) is 28.4 Å². The molecular formula is C32H32N2O4. The fourth-order valence-corrected chi connectivity index (χ4v) is 4.09. The largest absolute Gasteiger partial charge is 0.497 e. The minimum Gasteiger partial charge on any atom is -0.497 e. The summed E-state index contributed by atoms with van der Waals surface area (Å²) in [4.78, 5) is 9.40. The lowest BCUT2D eigenvalue weighted by molar-refractivity contribution is 0.393. The lowest BCUT2D eigenvalue weighted by Crippen LogP contribution is -1.92. The van der Waals surface area contributed by atoms with Gasteiger partial charge in [-0.3, -0.25) is 9.98 Å². The molecule has 0 N–H and O–H groups in total. The van der Waals surface area contributed by atoms with E-state index in [2.05, 4.69) is 38.1 Å². The van der Waals surface area contributed by atoms with Crippen LogP contribution in [0.25, 0.3) is 11.1 Å². The number of hydrogen-bond donors (Lipinski definition) is 0. The van der Waals surface area contributed by atoms with E-state index >= 15 is 0 Å². The van der Waals surface area contributed by atoms with Gasteiger partial charge in [-0.1, -0.05) is 12.1 Å². The second kappa shape index (κ2) is 12.1. The molecule has 6 nitrogen and oxygen atoms in total. The van der Waals surface area contributed by atoms with Crippen molar-refractivity contribution in [1.82, 2.24) is 0 Å². The molecule has 0 amide bonds. The third kappa shape index (κ3) is 6.03. The molecule has 0 bridgehead atoms. The van der Waals surface area contributed by atoms with E-state index in [0.717, 1.165) is 56.3 Å². The third-order valence-electron chi connectivity index (χ3n) is 6.29. The van der Waals surface area contributed by atoms with E-state index in [1.165, 1.54) is 0 Å². The molecule has 0 fully saturated rings. The fraction of sp³-hybridized carbons (Fsp3) is 0.188. The van der Waals surface area contributed by atoms with Gasteiger partial charge in [0.1, 0.15) is 23.0 Å². The molecule has 0 heterocycles. The number of rotatable bonds is 9. The van der Waals surface area contributed by atoms with Crippen LogP contribution in [-0.4, -0.2) is 40.9 Å². The molecule has 194 valence electrons. The van der Waals surface area contributed by atoms with Crippen LogP contribution < -0.4 is 18.9 Å². The molecule has 0 radical (unpaired) electrons. The van der Waals surface area contributed by atoms with Crippen molar-refractivity contribution in [3.63, 3.8) is 0 Å². The van der Waals surface area contributed by atoms with Gasteiger partial charge in [0.2, 0.25) is 0 Å². The number of nitrogens with zero attached hydrogens (tertiary/aromatic N) is 2. The van der Waals surface area contributed by atoms with Crippen molar-refractivity contribution in [3.05, 3.63) is 95.1 Å². The molecule has 0 aromatic heterocycles. The van der Waals surface area contributed by atoms with Gasteiger partial charge in [0, 0.05) is 35.7 Å². The number of aliphatic imine (C=N–C) groups is 2. The van der Waals surface area contributed by atoms with Crippen molar-refractivity contribution in [3.8, 4) is 34.1 Å². The number of aryl methyl sites for hydroxylation is 2. The summed E-state index contributed by atoms with van der Waals surface area (Å²) in [5.74, 6) is 2.91. The van der Waals surface area contributed by atoms with E-state index in [-0.39, 0.29) is 0 Å². The van der Waals surface area contributed by atoms with Gasteiger partial charge in [0.15, 0.2) is 0 Å². The molecule has 0 saturated carbocycles. The standard InChI is InChI=1S/C32H32N2O4/c1-21-15-23(9-13-29(21)33-19-25-7-11-27(35-3)17-31(25)37-5)24-10-14-30(22(2)16-24)34-20-26-8-12-28(36-4)18-32(26)38-6/h7-20H,1-6H3. The van der Waals surface area contributed by atoms with Gasteiger partial charge < -0.3 is 18.9 Å². The Morgan fingerprint density at radius 2 is 0.921 bits per heavy atom. The van der Waals surface area contributed by atoms with E-state index in [4.69, 9.17) is 28.9 Å². The zero-order valence-corrected chi connectivity index (χ0v) is 22.6. The Labute approximate surface area is 224 Å². The summed E-state index contributed by atoms with van der Waals surface area (Å²) in [5.41, 5.74) is 7.98. The van der Waals surface area contributed by atoms with Gasteiger partial charge in [-0.15, -0.1) is 0 Å². The minimum atomic E-state index is 0.714. The maximum atomic E-state index is 5.48. The predicted molar refractivity (Wildman–Crippen MR) is 155 cm³/mol. The van der Waals surface area contributed by atoms with Gasteiger partial charge in [0.25, 0.3) is 0 Å². The summed E-state index contributed by atoms with van der Waals surface area (Å²) in [6.45, 7) is 4.13. The topological polar surface area (TPSA) is 61.6 Å². The van der Waals surface area contributed by atoms with Gasteiger partial charge >= 0.3 is 0 Å². The Morgan fingerprint density at radius 3 is 1.26 bits per heavy atom. The highest BCUT2D eigenvalue weighted by atomic mass is 16.5. The zero-order valence-electron chi connectivity index (χ0n) is 22.6. The summed E-state index contributed by atoms with van der Waals surface area (Å²) in [6, 6.07) is 23.9. The Morgan fingerprint density at radius 1 is 0.500 bits per heavy atom. The second-order valence-corrected chi connectivity index (χ2v) is 8.73. The third-order valence-corrected chi connectivity index (χ3v) is 6.29. The predicted octanol–water partition coefficient (Wildman–Crippen LogP) is 7.51. The molecule has 6 heteroatoms. The van der Waals surface area contributed by atoms with Crippen molar-refractivity contribution < 1.29 is 18.9 Å². The molecule has 0 atom stereocenters. The number of hydrogen-bond acceptors (Lipinski definition) is 6. The van der Waals surface area contributed by atoms with Crippen molar-refractivity contribution in [2.24, 2.45) is 9.98 Å². The monoisotopic (exact) mass is 508 g/mol. The van der Waals surface area contributed by atoms with Crippen molar-refractivity contribution >= 4 is 23.8 Å². The molecule has 4 aromatic rings. The van der Waals surface area contributed by atoms with E-state index < -0.39 is 0 Å². The number of benzene rings is 4. The molecule has 0 aliphatic rings. The van der Waals surface area contributed by atoms with E-state index in [9.17, 15) is 0 Å². The average Bonchev–Trinajstić information content (AvgIpc) is 2.95. The van der Waals surface area contributed by atoms with Crippen molar-refractivity contribution in [2.75, 3.05) is 28.4 Å². The first-order valence-electron chi connectivity index (χ1n) is 12.2. The van der Waals surface area contributed by atoms with Crippen molar-refractivity contribution in [1.29, 1.82) is 0 Å². The van der Waals surface area contributed by atoms with Crippen LogP contribution in [0.5, 0.6) is 23.0 Å². The Bertz CT molecular complexity index is 1380. The highest BCUT2D eigenvalue weighted by Crippen LogP contribution is 2.31. The SMILES string of the molecule is COc1ccc(C=Nc2ccc(-c3ccc(N=Cc4ccc(OC)cc4OC)c(C)c3)cc2C)c(OC)c1. The molecule has 0 spiro atoms. The van der Waals surface area contributed by atoms with Crippen LogP contribution >= 0.6 is 0 Å². The summed E-state index contributed by atoms with van der Waals surface area (Å²) in [7, 11) is 6.55. The normalized spacial score (nSPS) is 11.2. The molecule has 0 saturated heterocycles. The van der Waals surface area contributed by atoms with E-state index in [0.29, 0.717) is 11.5 Å². The van der Waals surface area contributed by atoms with Crippen LogP contribution in [0.1, 0.15) is 22.3 Å². The Balaban J connectivity index is 1.53. The zero-order chi connectivity index (χ0) is 27.1. The highest BCUT2D eigenvalue weighted by molar-refractivity contribution is 5.87. The summed E-state index contributed by atoms with van der Waals surface area (Å²) < 4.78 is 21.5. The molecule has 38 heavy (non-hydrogen) atoms. The van der Waals surface area contributed by atoms with Gasteiger partial charge in [-0.25, -0.2) is 0 Å². The summed E-state index contributed by atoms with van der Waals surface area (Å²) in [5, 5.41) is 0. The molecule has 0 aliphatic heterocycles. The minimum absolute atomic E-state index is 0.714. The lowest BCUT2D eigenvalue weighted by atomic mass is 10.00. The van der Waals surface area contributed by atoms with Crippen LogP contribution in [0.2, 0.25) is 0 Å². The molecule has 4 rings (SSSR count). The van der Waals surface area contributed by atoms with Crippen LogP contribution in [0, 0.1) is 13.8 Å². The van der Waals surface area contributed by atoms with Crippen LogP contribution in [0.15, 0.2) is 82.8 Å². The maximum absolute atomic E-state index is 5.48. The smallest absolute Gasteiger partial charge is 0.131 e.